The van der Waals surface area contributed by atoms with Crippen LogP contribution in [0.4, 0.5) is 0 Å². The zero-order valence-electron chi connectivity index (χ0n) is 11.7. The van der Waals surface area contributed by atoms with Gasteiger partial charge in [-0.05, 0) is 30.9 Å². The summed E-state index contributed by atoms with van der Waals surface area (Å²) in [4.78, 5) is 12.0. The summed E-state index contributed by atoms with van der Waals surface area (Å²) in [5.41, 5.74) is 4.20. The van der Waals surface area contributed by atoms with Gasteiger partial charge in [0.1, 0.15) is 12.4 Å². The lowest BCUT2D eigenvalue weighted by Gasteiger charge is -2.20. The monoisotopic (exact) mass is 266 g/mol. The van der Waals surface area contributed by atoms with Crippen molar-refractivity contribution in [2.45, 2.75) is 32.8 Å². The minimum atomic E-state index is 0.246. The average molecular weight is 266 g/mol. The predicted octanol–water partition coefficient (Wildman–Crippen LogP) is 4.09. The quantitative estimate of drug-likeness (QED) is 0.836. The molecule has 2 aromatic carbocycles. The Balaban J connectivity index is 1.89. The van der Waals surface area contributed by atoms with Crippen LogP contribution in [0.25, 0.3) is 0 Å². The van der Waals surface area contributed by atoms with E-state index in [1.807, 2.05) is 37.3 Å². The number of Topliss-reactive ketones (excluding diaryl/α,β-unsaturated/α-hetero) is 1. The predicted molar refractivity (Wildman–Crippen MR) is 79.2 cm³/mol. The Bertz CT molecular complexity index is 629. The van der Waals surface area contributed by atoms with Crippen LogP contribution < -0.4 is 4.74 Å². The van der Waals surface area contributed by atoms with Gasteiger partial charge >= 0.3 is 0 Å². The van der Waals surface area contributed by atoms with Crippen molar-refractivity contribution in [1.29, 1.82) is 0 Å². The van der Waals surface area contributed by atoms with Gasteiger partial charge in [-0.1, -0.05) is 42.5 Å². The molecule has 2 heteroatoms. The highest BCUT2D eigenvalue weighted by Crippen LogP contribution is 2.33. The van der Waals surface area contributed by atoms with Crippen molar-refractivity contribution >= 4 is 5.78 Å². The number of ketones is 1. The molecule has 2 nitrogen and oxygen atoms in total. The maximum atomic E-state index is 12.0. The number of rotatable bonds is 3. The van der Waals surface area contributed by atoms with Crippen molar-refractivity contribution in [3.05, 3.63) is 64.7 Å². The minimum absolute atomic E-state index is 0.246. The van der Waals surface area contributed by atoms with E-state index in [2.05, 4.69) is 12.1 Å². The summed E-state index contributed by atoms with van der Waals surface area (Å²) in [6.07, 6.45) is 2.53. The van der Waals surface area contributed by atoms with Crippen molar-refractivity contribution in [1.82, 2.24) is 0 Å². The SMILES string of the molecule is Cc1ccc2c(c1OCc1ccccc1)CCCC2=O. The summed E-state index contributed by atoms with van der Waals surface area (Å²) in [6.45, 7) is 2.59. The lowest BCUT2D eigenvalue weighted by molar-refractivity contribution is 0.0971. The molecule has 0 spiro atoms. The number of carbonyl (C=O) groups is 1. The standard InChI is InChI=1S/C18H18O2/c1-13-10-11-15-16(8-5-9-17(15)19)18(13)20-12-14-6-3-2-4-7-14/h2-4,6-7,10-11H,5,8-9,12H2,1H3. The van der Waals surface area contributed by atoms with Crippen LogP contribution in [0.15, 0.2) is 42.5 Å². The molecule has 0 aliphatic heterocycles. The maximum Gasteiger partial charge on any atom is 0.163 e. The van der Waals surface area contributed by atoms with E-state index in [4.69, 9.17) is 4.74 Å². The molecular formula is C18H18O2. The first kappa shape index (κ1) is 12.9. The van der Waals surface area contributed by atoms with Crippen molar-refractivity contribution in [3.8, 4) is 5.75 Å². The molecule has 102 valence electrons. The Kier molecular flexibility index (Phi) is 3.55. The van der Waals surface area contributed by atoms with Gasteiger partial charge in [-0.15, -0.1) is 0 Å². The van der Waals surface area contributed by atoms with Gasteiger partial charge in [0.05, 0.1) is 0 Å². The van der Waals surface area contributed by atoms with Gasteiger partial charge < -0.3 is 4.74 Å². The molecule has 0 N–H and O–H groups in total. The lowest BCUT2D eigenvalue weighted by Crippen LogP contribution is -2.13. The maximum absolute atomic E-state index is 12.0. The zero-order chi connectivity index (χ0) is 13.9. The summed E-state index contributed by atoms with van der Waals surface area (Å²) in [7, 11) is 0. The van der Waals surface area contributed by atoms with Gasteiger partial charge in [-0.25, -0.2) is 0 Å². The van der Waals surface area contributed by atoms with Crippen LogP contribution in [0.5, 0.6) is 5.75 Å². The van der Waals surface area contributed by atoms with Crippen LogP contribution in [-0.4, -0.2) is 5.78 Å². The van der Waals surface area contributed by atoms with E-state index in [0.717, 1.165) is 40.8 Å². The van der Waals surface area contributed by atoms with E-state index in [-0.39, 0.29) is 5.78 Å². The lowest BCUT2D eigenvalue weighted by atomic mass is 9.88. The van der Waals surface area contributed by atoms with Gasteiger partial charge in [-0.3, -0.25) is 4.79 Å². The third-order valence-corrected chi connectivity index (χ3v) is 3.81. The average Bonchev–Trinajstić information content (AvgIpc) is 2.47. The summed E-state index contributed by atoms with van der Waals surface area (Å²) in [6, 6.07) is 14.1. The molecule has 0 saturated carbocycles. The van der Waals surface area contributed by atoms with Crippen molar-refractivity contribution in [3.63, 3.8) is 0 Å². The molecule has 0 aromatic heterocycles. The second-order valence-electron chi connectivity index (χ2n) is 5.29. The number of fused-ring (bicyclic) bond motifs is 1. The van der Waals surface area contributed by atoms with Gasteiger partial charge in [-0.2, -0.15) is 0 Å². The van der Waals surface area contributed by atoms with E-state index in [1.165, 1.54) is 0 Å². The van der Waals surface area contributed by atoms with Crippen LogP contribution in [0.1, 0.15) is 39.9 Å². The molecule has 20 heavy (non-hydrogen) atoms. The van der Waals surface area contributed by atoms with Crippen LogP contribution in [0, 0.1) is 6.92 Å². The number of carbonyl (C=O) groups excluding carboxylic acids is 1. The fourth-order valence-electron chi connectivity index (χ4n) is 2.75. The molecule has 0 amide bonds. The second kappa shape index (κ2) is 5.49. The first-order valence-electron chi connectivity index (χ1n) is 7.08. The number of hydrogen-bond donors (Lipinski definition) is 0. The van der Waals surface area contributed by atoms with Crippen LogP contribution in [0.3, 0.4) is 0 Å². The van der Waals surface area contributed by atoms with Gasteiger partial charge in [0.2, 0.25) is 0 Å². The number of benzene rings is 2. The third kappa shape index (κ3) is 2.46. The normalized spacial score (nSPS) is 13.9. The van der Waals surface area contributed by atoms with Crippen molar-refractivity contribution < 1.29 is 9.53 Å². The molecule has 1 aliphatic carbocycles. The summed E-state index contributed by atoms with van der Waals surface area (Å²) in [5, 5.41) is 0. The van der Waals surface area contributed by atoms with E-state index < -0.39 is 0 Å². The Morgan fingerprint density at radius 1 is 1.05 bits per heavy atom. The third-order valence-electron chi connectivity index (χ3n) is 3.81. The largest absolute Gasteiger partial charge is 0.488 e. The fraction of sp³-hybridized carbons (Fsp3) is 0.278. The smallest absolute Gasteiger partial charge is 0.163 e. The zero-order valence-corrected chi connectivity index (χ0v) is 11.7. The Morgan fingerprint density at radius 3 is 2.65 bits per heavy atom. The number of ether oxygens (including phenoxy) is 1. The first-order valence-corrected chi connectivity index (χ1v) is 7.08. The minimum Gasteiger partial charge on any atom is -0.488 e. The highest BCUT2D eigenvalue weighted by atomic mass is 16.5. The Morgan fingerprint density at radius 2 is 1.85 bits per heavy atom. The molecule has 0 fully saturated rings. The van der Waals surface area contributed by atoms with E-state index in [1.54, 1.807) is 0 Å². The summed E-state index contributed by atoms with van der Waals surface area (Å²) in [5.74, 6) is 1.15. The first-order chi connectivity index (χ1) is 9.75. The van der Waals surface area contributed by atoms with E-state index in [0.29, 0.717) is 13.0 Å². The van der Waals surface area contributed by atoms with E-state index in [9.17, 15) is 4.79 Å². The molecule has 0 atom stereocenters. The molecule has 0 radical (unpaired) electrons. The molecule has 0 heterocycles. The van der Waals surface area contributed by atoms with Crippen LogP contribution in [-0.2, 0) is 13.0 Å². The van der Waals surface area contributed by atoms with Gasteiger partial charge in [0.15, 0.2) is 5.78 Å². The highest BCUT2D eigenvalue weighted by molar-refractivity contribution is 5.99. The molecule has 3 rings (SSSR count). The van der Waals surface area contributed by atoms with Gasteiger partial charge in [0, 0.05) is 17.5 Å². The van der Waals surface area contributed by atoms with Gasteiger partial charge in [0.25, 0.3) is 0 Å². The van der Waals surface area contributed by atoms with Crippen molar-refractivity contribution in [2.24, 2.45) is 0 Å². The summed E-state index contributed by atoms with van der Waals surface area (Å²) < 4.78 is 6.02. The molecule has 1 aliphatic rings. The molecule has 0 bridgehead atoms. The number of hydrogen-bond acceptors (Lipinski definition) is 2. The second-order valence-corrected chi connectivity index (χ2v) is 5.29. The molecule has 2 aromatic rings. The number of aryl methyl sites for hydroxylation is 1. The topological polar surface area (TPSA) is 26.3 Å². The summed E-state index contributed by atoms with van der Waals surface area (Å²) >= 11 is 0. The van der Waals surface area contributed by atoms with Crippen LogP contribution in [0.2, 0.25) is 0 Å². The Labute approximate surface area is 119 Å². The molecule has 0 unspecified atom stereocenters. The molecular weight excluding hydrogens is 248 g/mol. The van der Waals surface area contributed by atoms with Crippen LogP contribution >= 0.6 is 0 Å². The van der Waals surface area contributed by atoms with Crippen molar-refractivity contribution in [2.75, 3.05) is 0 Å². The molecule has 0 saturated heterocycles. The highest BCUT2D eigenvalue weighted by Gasteiger charge is 2.21. The Hall–Kier alpha value is -2.09. The fourth-order valence-corrected chi connectivity index (χ4v) is 2.75. The van der Waals surface area contributed by atoms with E-state index >= 15 is 0 Å².